The van der Waals surface area contributed by atoms with E-state index in [2.05, 4.69) is 9.84 Å². The van der Waals surface area contributed by atoms with Crippen LogP contribution in [0.15, 0.2) is 59.7 Å². The summed E-state index contributed by atoms with van der Waals surface area (Å²) >= 11 is 0. The fraction of sp³-hybridized carbons (Fsp3) is 0.136. The van der Waals surface area contributed by atoms with Crippen molar-refractivity contribution in [3.63, 3.8) is 0 Å². The van der Waals surface area contributed by atoms with Crippen molar-refractivity contribution in [3.8, 4) is 11.5 Å². The Kier molecular flexibility index (Phi) is 5.14. The van der Waals surface area contributed by atoms with Crippen LogP contribution in [-0.4, -0.2) is 36.3 Å². The number of hydrogen-bond donors (Lipinski definition) is 0. The van der Waals surface area contributed by atoms with E-state index in [0.29, 0.717) is 22.1 Å². The molecule has 2 amide bonds. The van der Waals surface area contributed by atoms with E-state index in [1.807, 2.05) is 12.1 Å². The van der Waals surface area contributed by atoms with E-state index in [9.17, 15) is 18.4 Å². The third kappa shape index (κ3) is 3.47. The van der Waals surface area contributed by atoms with Gasteiger partial charge in [0.15, 0.2) is 11.5 Å². The van der Waals surface area contributed by atoms with Crippen molar-refractivity contribution in [1.29, 1.82) is 0 Å². The molecule has 0 spiro atoms. The third-order valence-electron chi connectivity index (χ3n) is 4.56. The highest BCUT2D eigenvalue weighted by molar-refractivity contribution is 6.25. The van der Waals surface area contributed by atoms with E-state index in [4.69, 9.17) is 4.74 Å². The van der Waals surface area contributed by atoms with Crippen LogP contribution in [0.25, 0.3) is 10.8 Å². The monoisotopic (exact) mass is 410 g/mol. The number of amides is 2. The molecular weight excluding hydrogens is 394 g/mol. The summed E-state index contributed by atoms with van der Waals surface area (Å²) in [5, 5.41) is 6.25. The number of nitrogens with zero attached hydrogens (tertiary/aromatic N) is 2. The molecular formula is C22H16F2N2O4. The van der Waals surface area contributed by atoms with Gasteiger partial charge in [-0.1, -0.05) is 24.3 Å². The molecule has 3 aromatic rings. The quantitative estimate of drug-likeness (QED) is 0.444. The van der Waals surface area contributed by atoms with Gasteiger partial charge in [-0.2, -0.15) is 18.9 Å². The lowest BCUT2D eigenvalue weighted by Crippen LogP contribution is -2.36. The third-order valence-corrected chi connectivity index (χ3v) is 4.56. The summed E-state index contributed by atoms with van der Waals surface area (Å²) in [6, 6.07) is 14.7. The van der Waals surface area contributed by atoms with E-state index in [1.54, 1.807) is 31.2 Å². The lowest BCUT2D eigenvalue weighted by molar-refractivity contribution is -0.0514. The Hall–Kier alpha value is -3.81. The van der Waals surface area contributed by atoms with Crippen molar-refractivity contribution in [3.05, 3.63) is 71.3 Å². The molecule has 0 aromatic heterocycles. The average Bonchev–Trinajstić information content (AvgIpc) is 2.73. The summed E-state index contributed by atoms with van der Waals surface area (Å²) in [6.45, 7) is -1.05. The van der Waals surface area contributed by atoms with Crippen LogP contribution in [-0.2, 0) is 0 Å². The van der Waals surface area contributed by atoms with Gasteiger partial charge in [-0.05, 0) is 48.2 Å². The maximum atomic E-state index is 12.8. The molecule has 0 N–H and O–H groups in total. The van der Waals surface area contributed by atoms with E-state index in [-0.39, 0.29) is 18.1 Å². The van der Waals surface area contributed by atoms with Gasteiger partial charge in [-0.15, -0.1) is 0 Å². The summed E-state index contributed by atoms with van der Waals surface area (Å²) < 4.78 is 34.9. The molecule has 0 atom stereocenters. The molecule has 8 heteroatoms. The molecule has 6 nitrogen and oxygen atoms in total. The minimum Gasteiger partial charge on any atom is -0.490 e. The van der Waals surface area contributed by atoms with Gasteiger partial charge >= 0.3 is 6.61 Å². The molecule has 1 aliphatic rings. The Morgan fingerprint density at radius 2 is 1.67 bits per heavy atom. The van der Waals surface area contributed by atoms with Gasteiger partial charge in [0.1, 0.15) is 0 Å². The van der Waals surface area contributed by atoms with Crippen molar-refractivity contribution in [1.82, 2.24) is 5.01 Å². The number of carbonyl (C=O) groups excluding carboxylic acids is 2. The lowest BCUT2D eigenvalue weighted by Gasteiger charge is -2.23. The number of halogens is 2. The predicted molar refractivity (Wildman–Crippen MR) is 106 cm³/mol. The van der Waals surface area contributed by atoms with E-state index in [0.717, 1.165) is 10.4 Å². The van der Waals surface area contributed by atoms with Crippen LogP contribution in [0.5, 0.6) is 11.5 Å². The minimum absolute atomic E-state index is 0.105. The molecule has 0 aliphatic carbocycles. The molecule has 152 valence electrons. The van der Waals surface area contributed by atoms with Crippen molar-refractivity contribution >= 4 is 28.8 Å². The van der Waals surface area contributed by atoms with Crippen molar-refractivity contribution in [2.24, 2.45) is 5.10 Å². The fourth-order valence-electron chi connectivity index (χ4n) is 3.31. The standard InChI is InChI=1S/C22H16F2N2O4/c1-2-29-18-11-13(9-10-17(18)30-22(23)24)12-25-26-20(27)15-7-3-5-14-6-4-8-16(19(14)15)21(26)28/h3-12,22H,2H2,1H3/b25-12-. The fourth-order valence-corrected chi connectivity index (χ4v) is 3.31. The zero-order chi connectivity index (χ0) is 21.3. The van der Waals surface area contributed by atoms with Crippen LogP contribution >= 0.6 is 0 Å². The van der Waals surface area contributed by atoms with Gasteiger partial charge in [-0.3, -0.25) is 9.59 Å². The van der Waals surface area contributed by atoms with Gasteiger partial charge in [0, 0.05) is 5.39 Å². The Morgan fingerprint density at radius 1 is 1.00 bits per heavy atom. The lowest BCUT2D eigenvalue weighted by atomic mass is 9.95. The molecule has 1 heterocycles. The highest BCUT2D eigenvalue weighted by Gasteiger charge is 2.32. The highest BCUT2D eigenvalue weighted by atomic mass is 19.3. The molecule has 0 radical (unpaired) electrons. The van der Waals surface area contributed by atoms with Crippen LogP contribution in [0.2, 0.25) is 0 Å². The first-order valence-corrected chi connectivity index (χ1v) is 9.15. The van der Waals surface area contributed by atoms with Gasteiger partial charge in [0.2, 0.25) is 0 Å². The Morgan fingerprint density at radius 3 is 2.27 bits per heavy atom. The van der Waals surface area contributed by atoms with E-state index >= 15 is 0 Å². The van der Waals surface area contributed by atoms with Crippen molar-refractivity contribution < 1.29 is 27.8 Å². The van der Waals surface area contributed by atoms with Crippen LogP contribution in [0.4, 0.5) is 8.78 Å². The van der Waals surface area contributed by atoms with E-state index < -0.39 is 18.4 Å². The van der Waals surface area contributed by atoms with Gasteiger partial charge in [-0.25, -0.2) is 0 Å². The van der Waals surface area contributed by atoms with Crippen molar-refractivity contribution in [2.75, 3.05) is 6.61 Å². The SMILES string of the molecule is CCOc1cc(/C=N\N2C(=O)c3cccc4cccc(c34)C2=O)ccc1OC(F)F. The molecule has 0 unspecified atom stereocenters. The number of ether oxygens (including phenoxy) is 2. The van der Waals surface area contributed by atoms with Gasteiger partial charge in [0.25, 0.3) is 11.8 Å². The number of imide groups is 1. The molecule has 1 aliphatic heterocycles. The summed E-state index contributed by atoms with van der Waals surface area (Å²) in [5.74, 6) is -1.09. The average molecular weight is 410 g/mol. The molecule has 30 heavy (non-hydrogen) atoms. The molecule has 4 rings (SSSR count). The maximum absolute atomic E-state index is 12.8. The van der Waals surface area contributed by atoms with Crippen LogP contribution in [0, 0.1) is 0 Å². The number of alkyl halides is 2. The molecule has 0 saturated heterocycles. The van der Waals surface area contributed by atoms with Crippen LogP contribution in [0.1, 0.15) is 33.2 Å². The number of carbonyl (C=O) groups is 2. The molecule has 0 fully saturated rings. The normalized spacial score (nSPS) is 13.5. The van der Waals surface area contributed by atoms with Crippen LogP contribution in [0.3, 0.4) is 0 Å². The first-order chi connectivity index (χ1) is 14.5. The summed E-state index contributed by atoms with van der Waals surface area (Å²) in [5.41, 5.74) is 1.21. The molecule has 0 bridgehead atoms. The smallest absolute Gasteiger partial charge is 0.387 e. The largest absolute Gasteiger partial charge is 0.490 e. The summed E-state index contributed by atoms with van der Waals surface area (Å²) in [4.78, 5) is 25.7. The number of rotatable bonds is 6. The first kappa shape index (κ1) is 19.5. The second-order valence-corrected chi connectivity index (χ2v) is 6.39. The minimum atomic E-state index is -2.99. The maximum Gasteiger partial charge on any atom is 0.387 e. The van der Waals surface area contributed by atoms with E-state index in [1.165, 1.54) is 24.4 Å². The summed E-state index contributed by atoms with van der Waals surface area (Å²) in [7, 11) is 0. The molecule has 0 saturated carbocycles. The number of hydrogen-bond acceptors (Lipinski definition) is 5. The topological polar surface area (TPSA) is 68.2 Å². The van der Waals surface area contributed by atoms with Crippen LogP contribution < -0.4 is 9.47 Å². The zero-order valence-corrected chi connectivity index (χ0v) is 15.8. The highest BCUT2D eigenvalue weighted by Crippen LogP contribution is 2.31. The molecule has 3 aromatic carbocycles. The number of benzene rings is 3. The number of hydrazone groups is 1. The van der Waals surface area contributed by atoms with Crippen molar-refractivity contribution in [2.45, 2.75) is 13.5 Å². The zero-order valence-electron chi connectivity index (χ0n) is 15.8. The predicted octanol–water partition coefficient (Wildman–Crippen LogP) is 4.47. The second kappa shape index (κ2) is 7.90. The second-order valence-electron chi connectivity index (χ2n) is 6.39. The van der Waals surface area contributed by atoms with Gasteiger partial charge < -0.3 is 9.47 Å². The van der Waals surface area contributed by atoms with Gasteiger partial charge in [0.05, 0.1) is 23.9 Å². The Bertz CT molecular complexity index is 1130. The summed E-state index contributed by atoms with van der Waals surface area (Å²) in [6.07, 6.45) is 1.29. The Balaban J connectivity index is 1.67. The first-order valence-electron chi connectivity index (χ1n) is 9.15. The Labute approximate surface area is 170 Å².